The van der Waals surface area contributed by atoms with Gasteiger partial charge in [0.2, 0.25) is 0 Å². The van der Waals surface area contributed by atoms with Crippen molar-refractivity contribution in [1.82, 2.24) is 9.80 Å². The van der Waals surface area contributed by atoms with E-state index in [1.165, 1.54) is 0 Å². The molecule has 0 aliphatic heterocycles. The van der Waals surface area contributed by atoms with E-state index in [1.54, 1.807) is 12.5 Å². The van der Waals surface area contributed by atoms with Gasteiger partial charge in [0.1, 0.15) is 0 Å². The second-order valence-electron chi connectivity index (χ2n) is 4.05. The van der Waals surface area contributed by atoms with Crippen molar-refractivity contribution in [2.24, 2.45) is 4.99 Å². The Labute approximate surface area is 88.1 Å². The van der Waals surface area contributed by atoms with Gasteiger partial charge in [0.05, 0.1) is 13.0 Å². The van der Waals surface area contributed by atoms with Crippen LogP contribution < -0.4 is 0 Å². The van der Waals surface area contributed by atoms with Crippen molar-refractivity contribution < 1.29 is 0 Å². The lowest BCUT2D eigenvalue weighted by Gasteiger charge is -2.33. The molecule has 0 aliphatic carbocycles. The van der Waals surface area contributed by atoms with Gasteiger partial charge in [-0.2, -0.15) is 0 Å². The molecule has 0 heterocycles. The molecule has 0 rings (SSSR count). The Hall–Kier alpha value is -0.830. The first-order valence-corrected chi connectivity index (χ1v) is 5.09. The Bertz CT molecular complexity index is 177. The van der Waals surface area contributed by atoms with E-state index in [4.69, 9.17) is 0 Å². The van der Waals surface area contributed by atoms with Crippen molar-refractivity contribution in [3.63, 3.8) is 0 Å². The van der Waals surface area contributed by atoms with Gasteiger partial charge in [-0.05, 0) is 27.7 Å². The summed E-state index contributed by atoms with van der Waals surface area (Å²) in [5.74, 6) is 0. The molecule has 0 aromatic rings. The monoisotopic (exact) mass is 197 g/mol. The van der Waals surface area contributed by atoms with Gasteiger partial charge in [0, 0.05) is 25.3 Å². The van der Waals surface area contributed by atoms with Crippen LogP contribution in [0, 0.1) is 0 Å². The van der Waals surface area contributed by atoms with E-state index in [0.717, 1.165) is 6.67 Å². The average molecular weight is 197 g/mol. The highest BCUT2D eigenvalue weighted by Crippen LogP contribution is 2.04. The van der Waals surface area contributed by atoms with Crippen LogP contribution in [0.15, 0.2) is 17.8 Å². The lowest BCUT2D eigenvalue weighted by atomic mass is 10.2. The minimum Gasteiger partial charge on any atom is -0.353 e. The molecule has 0 radical (unpaired) electrons. The third kappa shape index (κ3) is 5.02. The summed E-state index contributed by atoms with van der Waals surface area (Å²) in [5.41, 5.74) is 0. The zero-order valence-electron chi connectivity index (χ0n) is 10.1. The van der Waals surface area contributed by atoms with Gasteiger partial charge in [-0.25, -0.2) is 4.99 Å². The van der Waals surface area contributed by atoms with Crippen molar-refractivity contribution in [3.05, 3.63) is 12.8 Å². The van der Waals surface area contributed by atoms with E-state index < -0.39 is 0 Å². The highest BCUT2D eigenvalue weighted by Gasteiger charge is 2.13. The maximum atomic E-state index is 3.98. The van der Waals surface area contributed by atoms with Crippen molar-refractivity contribution in [3.8, 4) is 0 Å². The average Bonchev–Trinajstić information content (AvgIpc) is 2.09. The minimum atomic E-state index is 0.551. The van der Waals surface area contributed by atoms with Crippen LogP contribution in [0.1, 0.15) is 27.7 Å². The predicted molar refractivity (Wildman–Crippen MR) is 63.4 cm³/mol. The molecule has 14 heavy (non-hydrogen) atoms. The van der Waals surface area contributed by atoms with E-state index in [2.05, 4.69) is 49.1 Å². The second kappa shape index (κ2) is 6.60. The first-order valence-electron chi connectivity index (χ1n) is 5.09. The van der Waals surface area contributed by atoms with Crippen molar-refractivity contribution in [2.75, 3.05) is 13.7 Å². The molecule has 0 aliphatic rings. The predicted octanol–water partition coefficient (Wildman–Crippen LogP) is 2.17. The van der Waals surface area contributed by atoms with Gasteiger partial charge in [0.25, 0.3) is 0 Å². The first kappa shape index (κ1) is 13.2. The van der Waals surface area contributed by atoms with Crippen LogP contribution in [0.5, 0.6) is 0 Å². The summed E-state index contributed by atoms with van der Waals surface area (Å²) >= 11 is 0. The fourth-order valence-electron chi connectivity index (χ4n) is 1.38. The highest BCUT2D eigenvalue weighted by molar-refractivity contribution is 5.55. The molecule has 0 aromatic carbocycles. The summed E-state index contributed by atoms with van der Waals surface area (Å²) in [6.07, 6.45) is 3.34. The summed E-state index contributed by atoms with van der Waals surface area (Å²) in [5, 5.41) is 0. The summed E-state index contributed by atoms with van der Waals surface area (Å²) < 4.78 is 0. The van der Waals surface area contributed by atoms with E-state index in [0.29, 0.717) is 12.1 Å². The highest BCUT2D eigenvalue weighted by atomic mass is 15.3. The van der Waals surface area contributed by atoms with Gasteiger partial charge in [-0.15, -0.1) is 0 Å². The molecule has 82 valence electrons. The van der Waals surface area contributed by atoms with Gasteiger partial charge in [-0.3, -0.25) is 4.90 Å². The first-order chi connectivity index (χ1) is 6.49. The Morgan fingerprint density at radius 1 is 1.21 bits per heavy atom. The van der Waals surface area contributed by atoms with Gasteiger partial charge < -0.3 is 4.90 Å². The van der Waals surface area contributed by atoms with Crippen LogP contribution >= 0.6 is 0 Å². The number of hydrogen-bond acceptors (Lipinski definition) is 2. The van der Waals surface area contributed by atoms with E-state index >= 15 is 0 Å². The SMILES string of the molecule is C=CN=CN(C)CN(C(C)C)C(C)C. The molecule has 0 spiro atoms. The Morgan fingerprint density at radius 2 is 1.71 bits per heavy atom. The van der Waals surface area contributed by atoms with Gasteiger partial charge in [0.15, 0.2) is 0 Å². The van der Waals surface area contributed by atoms with Crippen LogP contribution in [-0.2, 0) is 0 Å². The lowest BCUT2D eigenvalue weighted by Crippen LogP contribution is -2.43. The molecule has 0 N–H and O–H groups in total. The van der Waals surface area contributed by atoms with E-state index in [9.17, 15) is 0 Å². The Balaban J connectivity index is 4.15. The van der Waals surface area contributed by atoms with E-state index in [1.807, 2.05) is 7.05 Å². The fraction of sp³-hybridized carbons (Fsp3) is 0.727. The largest absolute Gasteiger partial charge is 0.353 e. The van der Waals surface area contributed by atoms with Crippen LogP contribution in [0.4, 0.5) is 0 Å². The second-order valence-corrected chi connectivity index (χ2v) is 4.05. The Kier molecular flexibility index (Phi) is 6.21. The van der Waals surface area contributed by atoms with Crippen molar-refractivity contribution in [1.29, 1.82) is 0 Å². The summed E-state index contributed by atoms with van der Waals surface area (Å²) in [6.45, 7) is 13.3. The topological polar surface area (TPSA) is 18.8 Å². The molecule has 0 fully saturated rings. The molecule has 0 aromatic heterocycles. The number of nitrogens with zero attached hydrogens (tertiary/aromatic N) is 3. The number of aliphatic imine (C=N–C) groups is 1. The zero-order chi connectivity index (χ0) is 11.1. The zero-order valence-corrected chi connectivity index (χ0v) is 10.1. The molecular weight excluding hydrogens is 174 g/mol. The lowest BCUT2D eigenvalue weighted by molar-refractivity contribution is 0.128. The fourth-order valence-corrected chi connectivity index (χ4v) is 1.38. The smallest absolute Gasteiger partial charge is 0.0912 e. The van der Waals surface area contributed by atoms with Crippen LogP contribution in [0.3, 0.4) is 0 Å². The van der Waals surface area contributed by atoms with Crippen molar-refractivity contribution in [2.45, 2.75) is 39.8 Å². The van der Waals surface area contributed by atoms with E-state index in [-0.39, 0.29) is 0 Å². The summed E-state index contributed by atoms with van der Waals surface area (Å²) in [6, 6.07) is 1.10. The molecule has 0 saturated heterocycles. The molecule has 0 bridgehead atoms. The molecule has 0 saturated carbocycles. The van der Waals surface area contributed by atoms with Gasteiger partial charge in [-0.1, -0.05) is 6.58 Å². The third-order valence-electron chi connectivity index (χ3n) is 2.08. The molecule has 3 nitrogen and oxygen atoms in total. The third-order valence-corrected chi connectivity index (χ3v) is 2.08. The molecule has 0 atom stereocenters. The quantitative estimate of drug-likeness (QED) is 0.369. The Morgan fingerprint density at radius 3 is 2.07 bits per heavy atom. The summed E-state index contributed by atoms with van der Waals surface area (Å²) in [7, 11) is 2.02. The molecule has 0 unspecified atom stereocenters. The number of hydrogen-bond donors (Lipinski definition) is 0. The standard InChI is InChI=1S/C11H23N3/c1-7-12-8-13(6)9-14(10(2)3)11(4)5/h7-8,10-11H,1,9H2,2-6H3. The normalized spacial score (nSPS) is 12.0. The maximum absolute atomic E-state index is 3.98. The minimum absolute atomic E-state index is 0.551. The van der Waals surface area contributed by atoms with Crippen LogP contribution in [0.2, 0.25) is 0 Å². The van der Waals surface area contributed by atoms with Gasteiger partial charge >= 0.3 is 0 Å². The molecule has 3 heteroatoms. The van der Waals surface area contributed by atoms with Crippen LogP contribution in [0.25, 0.3) is 0 Å². The summed E-state index contributed by atoms with van der Waals surface area (Å²) in [4.78, 5) is 8.44. The van der Waals surface area contributed by atoms with Crippen molar-refractivity contribution >= 4 is 6.34 Å². The molecular formula is C11H23N3. The molecule has 0 amide bonds. The number of rotatable bonds is 6. The van der Waals surface area contributed by atoms with Crippen LogP contribution in [-0.4, -0.2) is 41.9 Å². The maximum Gasteiger partial charge on any atom is 0.0912 e.